The van der Waals surface area contributed by atoms with Gasteiger partial charge in [-0.25, -0.2) is 4.99 Å². The molecule has 0 heterocycles. The first-order chi connectivity index (χ1) is 9.18. The van der Waals surface area contributed by atoms with E-state index in [9.17, 15) is 9.00 Å². The van der Waals surface area contributed by atoms with Crippen molar-refractivity contribution in [1.29, 1.82) is 0 Å². The van der Waals surface area contributed by atoms with Gasteiger partial charge in [0.2, 0.25) is 5.91 Å². The van der Waals surface area contributed by atoms with Crippen LogP contribution in [0, 0.1) is 0 Å². The highest BCUT2D eigenvalue weighted by Gasteiger charge is 2.18. The quantitative estimate of drug-likeness (QED) is 0.542. The highest BCUT2D eigenvalue weighted by molar-refractivity contribution is 7.86. The minimum absolute atomic E-state index is 0.0551. The van der Waals surface area contributed by atoms with E-state index in [-0.39, 0.29) is 17.2 Å². The lowest BCUT2D eigenvalue weighted by molar-refractivity contribution is -0.127. The summed E-state index contributed by atoms with van der Waals surface area (Å²) in [6, 6.07) is 0. The second-order valence-corrected chi connectivity index (χ2v) is 7.90. The number of nitrogens with zero attached hydrogens (tertiary/aromatic N) is 2. The summed E-state index contributed by atoms with van der Waals surface area (Å²) in [7, 11) is 2.50. The molecule has 20 heavy (non-hydrogen) atoms. The summed E-state index contributed by atoms with van der Waals surface area (Å²) < 4.78 is 11.7. The Balaban J connectivity index is 4.31. The van der Waals surface area contributed by atoms with Crippen molar-refractivity contribution in [2.24, 2.45) is 4.99 Å². The lowest BCUT2D eigenvalue weighted by Gasteiger charge is -2.18. The minimum Gasteiger partial charge on any atom is -0.357 e. The Kier molecular flexibility index (Phi) is 8.45. The van der Waals surface area contributed by atoms with Gasteiger partial charge in [-0.3, -0.25) is 9.00 Å². The average Bonchev–Trinajstić information content (AvgIpc) is 2.33. The van der Waals surface area contributed by atoms with Crippen LogP contribution in [0.15, 0.2) is 4.99 Å². The molecule has 6 nitrogen and oxygen atoms in total. The Morgan fingerprint density at radius 1 is 1.25 bits per heavy atom. The van der Waals surface area contributed by atoms with Gasteiger partial charge in [-0.15, -0.1) is 0 Å². The molecule has 1 unspecified atom stereocenters. The molecule has 0 aliphatic carbocycles. The van der Waals surface area contributed by atoms with Crippen LogP contribution in [-0.4, -0.2) is 65.2 Å². The number of guanidine groups is 1. The topological polar surface area (TPSA) is 73.8 Å². The molecule has 118 valence electrons. The standard InChI is InChI=1S/C13H28N4O2S/c1-7-14-12(16-10-11(18)17(5)6)15-8-9-20(19)13(2,3)4/h7-10H2,1-6H3,(H2,14,15,16). The van der Waals surface area contributed by atoms with Gasteiger partial charge in [0.05, 0.1) is 0 Å². The van der Waals surface area contributed by atoms with Gasteiger partial charge < -0.3 is 15.5 Å². The number of rotatable bonds is 6. The zero-order chi connectivity index (χ0) is 15.8. The van der Waals surface area contributed by atoms with E-state index in [0.29, 0.717) is 24.8 Å². The number of nitrogens with one attached hydrogen (secondary N) is 2. The van der Waals surface area contributed by atoms with Gasteiger partial charge in [-0.05, 0) is 27.7 Å². The van der Waals surface area contributed by atoms with Crippen molar-refractivity contribution in [2.45, 2.75) is 32.4 Å². The maximum atomic E-state index is 11.9. The summed E-state index contributed by atoms with van der Waals surface area (Å²) in [4.78, 5) is 17.2. The Bertz CT molecular complexity index is 362. The molecule has 0 bridgehead atoms. The third kappa shape index (κ3) is 8.14. The largest absolute Gasteiger partial charge is 0.357 e. The average molecular weight is 304 g/mol. The van der Waals surface area contributed by atoms with Gasteiger partial charge in [0, 0.05) is 48.5 Å². The first-order valence-corrected chi connectivity index (χ1v) is 8.11. The second-order valence-electron chi connectivity index (χ2n) is 5.57. The summed E-state index contributed by atoms with van der Waals surface area (Å²) in [6.07, 6.45) is 0. The SMILES string of the molecule is CCNC(=NCC(=O)N(C)C)NCCS(=O)C(C)(C)C. The monoisotopic (exact) mass is 304 g/mol. The van der Waals surface area contributed by atoms with Crippen LogP contribution >= 0.6 is 0 Å². The molecule has 0 aliphatic rings. The van der Waals surface area contributed by atoms with Crippen molar-refractivity contribution < 1.29 is 9.00 Å². The first-order valence-electron chi connectivity index (χ1n) is 6.79. The third-order valence-electron chi connectivity index (χ3n) is 2.48. The van der Waals surface area contributed by atoms with Crippen molar-refractivity contribution in [2.75, 3.05) is 39.5 Å². The van der Waals surface area contributed by atoms with Crippen molar-refractivity contribution in [3.05, 3.63) is 0 Å². The van der Waals surface area contributed by atoms with Gasteiger partial charge >= 0.3 is 0 Å². The Hall–Kier alpha value is -1.11. The highest BCUT2D eigenvalue weighted by atomic mass is 32.2. The van der Waals surface area contributed by atoms with Crippen molar-refractivity contribution in [3.63, 3.8) is 0 Å². The molecule has 1 atom stereocenters. The zero-order valence-corrected chi connectivity index (χ0v) is 14.3. The second kappa shape index (κ2) is 8.94. The molecule has 1 amide bonds. The predicted octanol–water partition coefficient (Wildman–Crippen LogP) is 0.177. The lowest BCUT2D eigenvalue weighted by Crippen LogP contribution is -2.41. The van der Waals surface area contributed by atoms with Crippen molar-refractivity contribution >= 4 is 22.7 Å². The fourth-order valence-electron chi connectivity index (χ4n) is 1.20. The molecule has 0 aromatic rings. The van der Waals surface area contributed by atoms with Crippen LogP contribution in [-0.2, 0) is 15.6 Å². The van der Waals surface area contributed by atoms with Crippen LogP contribution < -0.4 is 10.6 Å². The number of carbonyl (C=O) groups excluding carboxylic acids is 1. The van der Waals surface area contributed by atoms with Crippen LogP contribution in [0.4, 0.5) is 0 Å². The Morgan fingerprint density at radius 3 is 2.30 bits per heavy atom. The van der Waals surface area contributed by atoms with Crippen LogP contribution in [0.5, 0.6) is 0 Å². The molecule has 0 rings (SSSR count). The van der Waals surface area contributed by atoms with Crippen molar-refractivity contribution in [1.82, 2.24) is 15.5 Å². The smallest absolute Gasteiger partial charge is 0.243 e. The maximum absolute atomic E-state index is 11.9. The van der Waals surface area contributed by atoms with Crippen molar-refractivity contribution in [3.8, 4) is 0 Å². The number of likely N-dealkylation sites (N-methyl/N-ethyl adjacent to an activating group) is 1. The summed E-state index contributed by atoms with van der Waals surface area (Å²) >= 11 is 0. The zero-order valence-electron chi connectivity index (χ0n) is 13.4. The summed E-state index contributed by atoms with van der Waals surface area (Å²) in [6.45, 7) is 9.20. The molecular weight excluding hydrogens is 276 g/mol. The van der Waals surface area contributed by atoms with Crippen LogP contribution in [0.1, 0.15) is 27.7 Å². The first kappa shape index (κ1) is 18.9. The molecular formula is C13H28N4O2S. The molecule has 2 N–H and O–H groups in total. The number of carbonyl (C=O) groups is 1. The molecule has 0 aromatic heterocycles. The van der Waals surface area contributed by atoms with Crippen LogP contribution in [0.25, 0.3) is 0 Å². The molecule has 0 aliphatic heterocycles. The fraction of sp³-hybridized carbons (Fsp3) is 0.846. The van der Waals surface area contributed by atoms with E-state index in [1.807, 2.05) is 27.7 Å². The molecule has 0 spiro atoms. The summed E-state index contributed by atoms with van der Waals surface area (Å²) in [5.41, 5.74) is 0. The van der Waals surface area contributed by atoms with E-state index < -0.39 is 10.8 Å². The van der Waals surface area contributed by atoms with E-state index in [1.165, 1.54) is 4.90 Å². The van der Waals surface area contributed by atoms with E-state index in [4.69, 9.17) is 0 Å². The third-order valence-corrected chi connectivity index (χ3v) is 4.42. The van der Waals surface area contributed by atoms with E-state index >= 15 is 0 Å². The highest BCUT2D eigenvalue weighted by Crippen LogP contribution is 2.10. The predicted molar refractivity (Wildman–Crippen MR) is 85.4 cm³/mol. The molecule has 0 fully saturated rings. The molecule has 0 saturated heterocycles. The fourth-order valence-corrected chi connectivity index (χ4v) is 2.10. The van der Waals surface area contributed by atoms with E-state index in [1.54, 1.807) is 14.1 Å². The van der Waals surface area contributed by atoms with Gasteiger partial charge in [0.1, 0.15) is 6.54 Å². The van der Waals surface area contributed by atoms with Crippen LogP contribution in [0.2, 0.25) is 0 Å². The number of hydrogen-bond donors (Lipinski definition) is 2. The number of aliphatic imine (C=N–C) groups is 1. The van der Waals surface area contributed by atoms with Gasteiger partial charge in [-0.2, -0.15) is 0 Å². The normalized spacial score (nSPS) is 13.8. The van der Waals surface area contributed by atoms with E-state index in [2.05, 4.69) is 15.6 Å². The molecule has 0 aromatic carbocycles. The van der Waals surface area contributed by atoms with Gasteiger partial charge in [0.15, 0.2) is 5.96 Å². The van der Waals surface area contributed by atoms with Gasteiger partial charge in [0.25, 0.3) is 0 Å². The van der Waals surface area contributed by atoms with Crippen LogP contribution in [0.3, 0.4) is 0 Å². The molecule has 0 saturated carbocycles. The number of hydrogen-bond acceptors (Lipinski definition) is 3. The molecule has 0 radical (unpaired) electrons. The lowest BCUT2D eigenvalue weighted by atomic mass is 10.3. The Morgan fingerprint density at radius 2 is 1.85 bits per heavy atom. The summed E-state index contributed by atoms with van der Waals surface area (Å²) in [5, 5.41) is 6.15. The maximum Gasteiger partial charge on any atom is 0.243 e. The van der Waals surface area contributed by atoms with E-state index in [0.717, 1.165) is 0 Å². The number of amides is 1. The Labute approximate surface area is 124 Å². The molecule has 7 heteroatoms. The minimum atomic E-state index is -0.898. The summed E-state index contributed by atoms with van der Waals surface area (Å²) in [5.74, 6) is 1.07. The van der Waals surface area contributed by atoms with Gasteiger partial charge in [-0.1, -0.05) is 0 Å².